The highest BCUT2D eigenvalue weighted by atomic mass is 16.6. The number of nitrogens with zero attached hydrogens (tertiary/aromatic N) is 4. The summed E-state index contributed by atoms with van der Waals surface area (Å²) in [5.41, 5.74) is 0.802. The molecule has 6 heteroatoms. The Kier molecular flexibility index (Phi) is 3.57. The third-order valence-corrected chi connectivity index (χ3v) is 2.76. The van der Waals surface area contributed by atoms with E-state index < -0.39 is 4.92 Å². The normalized spacial score (nSPS) is 10.1. The fourth-order valence-electron chi connectivity index (χ4n) is 1.90. The molecule has 0 saturated heterocycles. The Bertz CT molecular complexity index is 655. The number of nitro groups is 1. The lowest BCUT2D eigenvalue weighted by Gasteiger charge is -2.08. The van der Waals surface area contributed by atoms with Crippen molar-refractivity contribution in [2.45, 2.75) is 19.8 Å². The Hall–Kier alpha value is -2.68. The van der Waals surface area contributed by atoms with Gasteiger partial charge in [-0.15, -0.1) is 0 Å². The summed E-state index contributed by atoms with van der Waals surface area (Å²) in [6, 6.07) is 6.25. The van der Waals surface area contributed by atoms with Crippen molar-refractivity contribution in [2.75, 3.05) is 0 Å². The fourth-order valence-corrected chi connectivity index (χ4v) is 1.90. The fraction of sp³-hybridized carbons (Fsp3) is 0.231. The topological polar surface area (TPSA) is 84.8 Å². The first-order valence-corrected chi connectivity index (χ1v) is 5.88. The highest BCUT2D eigenvalue weighted by Gasteiger charge is 2.13. The van der Waals surface area contributed by atoms with Gasteiger partial charge in [-0.3, -0.25) is 10.1 Å². The highest BCUT2D eigenvalue weighted by molar-refractivity contribution is 5.54. The van der Waals surface area contributed by atoms with Gasteiger partial charge in [0.05, 0.1) is 16.2 Å². The smallest absolute Gasteiger partial charge is 0.270 e. The molecule has 0 saturated carbocycles. The lowest BCUT2D eigenvalue weighted by molar-refractivity contribution is -0.384. The van der Waals surface area contributed by atoms with Crippen LogP contribution in [0.3, 0.4) is 0 Å². The van der Waals surface area contributed by atoms with Gasteiger partial charge in [0.25, 0.3) is 5.69 Å². The maximum atomic E-state index is 10.7. The van der Waals surface area contributed by atoms with Gasteiger partial charge in [-0.2, -0.15) is 5.26 Å². The molecule has 0 fully saturated rings. The van der Waals surface area contributed by atoms with Gasteiger partial charge in [0.2, 0.25) is 0 Å². The molecule has 0 atom stereocenters. The molecule has 19 heavy (non-hydrogen) atoms. The molecule has 0 aliphatic carbocycles. The summed E-state index contributed by atoms with van der Waals surface area (Å²) in [5.74, 6) is 0.841. The summed E-state index contributed by atoms with van der Waals surface area (Å²) in [5, 5.41) is 19.9. The Morgan fingerprint density at radius 2 is 2.32 bits per heavy atom. The Morgan fingerprint density at radius 1 is 1.53 bits per heavy atom. The van der Waals surface area contributed by atoms with Crippen LogP contribution in [0.5, 0.6) is 0 Å². The van der Waals surface area contributed by atoms with Gasteiger partial charge >= 0.3 is 0 Å². The van der Waals surface area contributed by atoms with E-state index in [2.05, 4.69) is 4.98 Å². The monoisotopic (exact) mass is 256 g/mol. The van der Waals surface area contributed by atoms with E-state index in [1.807, 2.05) is 13.0 Å². The zero-order valence-electron chi connectivity index (χ0n) is 10.4. The van der Waals surface area contributed by atoms with E-state index in [1.54, 1.807) is 23.0 Å². The molecule has 0 unspecified atom stereocenters. The van der Waals surface area contributed by atoms with Crippen molar-refractivity contribution in [3.05, 3.63) is 52.1 Å². The summed E-state index contributed by atoms with van der Waals surface area (Å²) in [7, 11) is 0. The second-order valence-electron chi connectivity index (χ2n) is 4.03. The molecular formula is C13H12N4O2. The van der Waals surface area contributed by atoms with Crippen LogP contribution < -0.4 is 0 Å². The number of rotatable bonds is 4. The number of hydrogen-bond donors (Lipinski definition) is 0. The zero-order chi connectivity index (χ0) is 13.8. The maximum Gasteiger partial charge on any atom is 0.270 e. The zero-order valence-corrected chi connectivity index (χ0v) is 10.4. The van der Waals surface area contributed by atoms with Gasteiger partial charge in [0, 0.05) is 30.9 Å². The molecule has 0 aliphatic heterocycles. The van der Waals surface area contributed by atoms with Gasteiger partial charge in [-0.1, -0.05) is 6.92 Å². The third kappa shape index (κ3) is 2.45. The standard InChI is InChI=1S/C13H12N4O2/c1-2-3-13-15-6-7-16(13)12-5-4-11(17(18)19)8-10(12)9-14/h4-8H,2-3H2,1H3. The molecule has 96 valence electrons. The summed E-state index contributed by atoms with van der Waals surface area (Å²) < 4.78 is 1.80. The largest absolute Gasteiger partial charge is 0.302 e. The van der Waals surface area contributed by atoms with Crippen molar-refractivity contribution in [3.63, 3.8) is 0 Å². The van der Waals surface area contributed by atoms with E-state index in [0.717, 1.165) is 18.7 Å². The summed E-state index contributed by atoms with van der Waals surface area (Å²) in [6.45, 7) is 2.04. The van der Waals surface area contributed by atoms with Gasteiger partial charge in [-0.25, -0.2) is 4.98 Å². The summed E-state index contributed by atoms with van der Waals surface area (Å²) in [4.78, 5) is 14.4. The minimum atomic E-state index is -0.508. The Balaban J connectivity index is 2.53. The van der Waals surface area contributed by atoms with Crippen molar-refractivity contribution >= 4 is 5.69 Å². The first-order valence-electron chi connectivity index (χ1n) is 5.88. The van der Waals surface area contributed by atoms with Crippen molar-refractivity contribution in [3.8, 4) is 11.8 Å². The molecule has 1 heterocycles. The molecule has 6 nitrogen and oxygen atoms in total. The second-order valence-corrected chi connectivity index (χ2v) is 4.03. The quantitative estimate of drug-likeness (QED) is 0.621. The van der Waals surface area contributed by atoms with Crippen LogP contribution in [-0.4, -0.2) is 14.5 Å². The molecule has 1 aromatic heterocycles. The predicted octanol–water partition coefficient (Wildman–Crippen LogP) is 2.60. The number of hydrogen-bond acceptors (Lipinski definition) is 4. The number of nitriles is 1. The van der Waals surface area contributed by atoms with E-state index in [0.29, 0.717) is 5.69 Å². The van der Waals surface area contributed by atoms with Crippen molar-refractivity contribution in [1.82, 2.24) is 9.55 Å². The SMILES string of the molecule is CCCc1nccn1-c1ccc([N+](=O)[O-])cc1C#N. The molecular weight excluding hydrogens is 244 g/mol. The molecule has 2 aromatic rings. The van der Waals surface area contributed by atoms with Crippen LogP contribution >= 0.6 is 0 Å². The van der Waals surface area contributed by atoms with E-state index >= 15 is 0 Å². The molecule has 0 amide bonds. The molecule has 0 spiro atoms. The van der Waals surface area contributed by atoms with Gasteiger partial charge in [-0.05, 0) is 12.5 Å². The Labute approximate surface area is 110 Å². The number of non-ortho nitro benzene ring substituents is 1. The highest BCUT2D eigenvalue weighted by Crippen LogP contribution is 2.22. The molecule has 2 rings (SSSR count). The minimum absolute atomic E-state index is 0.0857. The predicted molar refractivity (Wildman–Crippen MR) is 68.9 cm³/mol. The number of aryl methyl sites for hydroxylation is 1. The third-order valence-electron chi connectivity index (χ3n) is 2.76. The van der Waals surface area contributed by atoms with Gasteiger partial charge < -0.3 is 4.57 Å². The molecule has 0 bridgehead atoms. The van der Waals surface area contributed by atoms with Crippen molar-refractivity contribution in [2.24, 2.45) is 0 Å². The molecule has 0 aliphatic rings. The van der Waals surface area contributed by atoms with Gasteiger partial charge in [0.1, 0.15) is 11.9 Å². The van der Waals surface area contributed by atoms with Crippen LogP contribution in [0.1, 0.15) is 24.7 Å². The van der Waals surface area contributed by atoms with Crippen LogP contribution in [-0.2, 0) is 6.42 Å². The first-order chi connectivity index (χ1) is 9.17. The average molecular weight is 256 g/mol. The van der Waals surface area contributed by atoms with E-state index in [9.17, 15) is 10.1 Å². The van der Waals surface area contributed by atoms with Crippen LogP contribution in [0.4, 0.5) is 5.69 Å². The van der Waals surface area contributed by atoms with Crippen molar-refractivity contribution in [1.29, 1.82) is 5.26 Å². The number of imidazole rings is 1. The first kappa shape index (κ1) is 12.8. The minimum Gasteiger partial charge on any atom is -0.302 e. The van der Waals surface area contributed by atoms with E-state index in [-0.39, 0.29) is 11.3 Å². The van der Waals surface area contributed by atoms with Crippen LogP contribution in [0.2, 0.25) is 0 Å². The average Bonchev–Trinajstić information content (AvgIpc) is 2.86. The summed E-state index contributed by atoms with van der Waals surface area (Å²) >= 11 is 0. The number of aromatic nitrogens is 2. The molecule has 0 radical (unpaired) electrons. The summed E-state index contributed by atoms with van der Waals surface area (Å²) in [6.07, 6.45) is 5.14. The number of nitro benzene ring substituents is 1. The van der Waals surface area contributed by atoms with Crippen LogP contribution in [0.25, 0.3) is 5.69 Å². The van der Waals surface area contributed by atoms with Gasteiger partial charge in [0.15, 0.2) is 0 Å². The van der Waals surface area contributed by atoms with Crippen LogP contribution in [0, 0.1) is 21.4 Å². The van der Waals surface area contributed by atoms with E-state index in [4.69, 9.17) is 5.26 Å². The van der Waals surface area contributed by atoms with Crippen LogP contribution in [0.15, 0.2) is 30.6 Å². The number of benzene rings is 1. The second kappa shape index (κ2) is 5.31. The lowest BCUT2D eigenvalue weighted by atomic mass is 10.1. The van der Waals surface area contributed by atoms with Crippen molar-refractivity contribution < 1.29 is 4.92 Å². The molecule has 1 aromatic carbocycles. The molecule has 0 N–H and O–H groups in total. The lowest BCUT2D eigenvalue weighted by Crippen LogP contribution is -2.03. The van der Waals surface area contributed by atoms with E-state index in [1.165, 1.54) is 12.1 Å². The maximum absolute atomic E-state index is 10.7. The Morgan fingerprint density at radius 3 is 2.95 bits per heavy atom.